The number of para-hydroxylation sites is 3. The minimum Gasteiger partial charge on any atom is -0.455 e. The number of furan rings is 1. The third kappa shape index (κ3) is 4.48. The normalized spacial score (nSPS) is 11.8. The van der Waals surface area contributed by atoms with Crippen LogP contribution in [0.3, 0.4) is 0 Å². The van der Waals surface area contributed by atoms with Crippen molar-refractivity contribution >= 4 is 75.1 Å². The SMILES string of the molecule is c1ccc(-c2nc(-c3ccc4sc5c6ccccc6nc(-c6cccc7ccccc67)c5c4c3)nc(-c3cccc4c3oc3ccccc34)n2)cc1. The van der Waals surface area contributed by atoms with E-state index in [-0.39, 0.29) is 0 Å². The van der Waals surface area contributed by atoms with E-state index in [9.17, 15) is 0 Å². The lowest BCUT2D eigenvalue weighted by Crippen LogP contribution is -2.00. The standard InChI is InChI=1S/C46H26N4OS/c1-2-13-28(14-3-1)44-48-45(50-46(49-44)35-21-11-20-33-31-17-7-9-23-38(31)51-42(33)35)29-24-25-39-36(26-29)40-41(32-19-10-15-27-12-4-5-16-30(27)32)47-37-22-8-6-18-34(37)43(40)52-39/h1-26H. The van der Waals surface area contributed by atoms with E-state index in [1.54, 1.807) is 0 Å². The number of hydrogen-bond acceptors (Lipinski definition) is 6. The van der Waals surface area contributed by atoms with Gasteiger partial charge in [0.15, 0.2) is 17.5 Å². The first-order chi connectivity index (χ1) is 25.8. The molecule has 0 spiro atoms. The molecule has 7 aromatic carbocycles. The highest BCUT2D eigenvalue weighted by molar-refractivity contribution is 7.26. The van der Waals surface area contributed by atoms with Crippen LogP contribution < -0.4 is 0 Å². The third-order valence-electron chi connectivity index (χ3n) is 9.92. The van der Waals surface area contributed by atoms with Gasteiger partial charge in [-0.3, -0.25) is 0 Å². The number of benzene rings is 7. The van der Waals surface area contributed by atoms with Gasteiger partial charge in [0.05, 0.1) is 16.8 Å². The average Bonchev–Trinajstić information content (AvgIpc) is 3.79. The Morgan fingerprint density at radius 1 is 0.442 bits per heavy atom. The summed E-state index contributed by atoms with van der Waals surface area (Å²) in [5.74, 6) is 1.76. The Balaban J connectivity index is 1.18. The van der Waals surface area contributed by atoms with E-state index >= 15 is 0 Å². The molecule has 0 amide bonds. The fourth-order valence-corrected chi connectivity index (χ4v) is 8.71. The van der Waals surface area contributed by atoms with Crippen LogP contribution in [0.2, 0.25) is 0 Å². The number of nitrogens with zero attached hydrogens (tertiary/aromatic N) is 4. The van der Waals surface area contributed by atoms with E-state index in [1.807, 2.05) is 72.0 Å². The molecule has 0 saturated heterocycles. The van der Waals surface area contributed by atoms with E-state index in [2.05, 4.69) is 97.1 Å². The predicted octanol–water partition coefficient (Wildman–Crippen LogP) is 12.5. The fourth-order valence-electron chi connectivity index (χ4n) is 7.49. The van der Waals surface area contributed by atoms with Crippen LogP contribution in [0.1, 0.15) is 0 Å². The zero-order chi connectivity index (χ0) is 34.2. The lowest BCUT2D eigenvalue weighted by Gasteiger charge is -2.11. The van der Waals surface area contributed by atoms with Gasteiger partial charge in [0, 0.05) is 53.0 Å². The summed E-state index contributed by atoms with van der Waals surface area (Å²) in [6.45, 7) is 0. The Labute approximate surface area is 301 Å². The van der Waals surface area contributed by atoms with Gasteiger partial charge < -0.3 is 4.42 Å². The van der Waals surface area contributed by atoms with Gasteiger partial charge >= 0.3 is 0 Å². The Hall–Kier alpha value is -6.76. The molecular weight excluding hydrogens is 657 g/mol. The van der Waals surface area contributed by atoms with Crippen molar-refractivity contribution < 1.29 is 4.42 Å². The molecule has 0 aliphatic rings. The monoisotopic (exact) mass is 682 g/mol. The van der Waals surface area contributed by atoms with Gasteiger partial charge in [-0.15, -0.1) is 11.3 Å². The average molecular weight is 683 g/mol. The number of fused-ring (bicyclic) bond motifs is 9. The molecule has 0 saturated carbocycles. The van der Waals surface area contributed by atoms with Crippen LogP contribution in [-0.4, -0.2) is 19.9 Å². The highest BCUT2D eigenvalue weighted by atomic mass is 32.1. The molecule has 0 bridgehead atoms. The number of aromatic nitrogens is 4. The van der Waals surface area contributed by atoms with Crippen molar-refractivity contribution in [1.29, 1.82) is 0 Å². The van der Waals surface area contributed by atoms with Crippen molar-refractivity contribution in [3.05, 3.63) is 158 Å². The molecule has 0 aliphatic carbocycles. The molecule has 4 heterocycles. The Kier molecular flexibility index (Phi) is 6.35. The molecule has 5 nitrogen and oxygen atoms in total. The fraction of sp³-hybridized carbons (Fsp3) is 0. The molecule has 0 N–H and O–H groups in total. The van der Waals surface area contributed by atoms with Gasteiger partial charge in [0.2, 0.25) is 0 Å². The molecule has 0 fully saturated rings. The topological polar surface area (TPSA) is 64.7 Å². The van der Waals surface area contributed by atoms with E-state index < -0.39 is 0 Å². The van der Waals surface area contributed by atoms with Crippen LogP contribution in [-0.2, 0) is 0 Å². The van der Waals surface area contributed by atoms with E-state index in [4.69, 9.17) is 24.4 Å². The maximum absolute atomic E-state index is 6.44. The maximum atomic E-state index is 6.44. The molecule has 11 aromatic rings. The first-order valence-corrected chi connectivity index (χ1v) is 18.0. The van der Waals surface area contributed by atoms with Crippen LogP contribution in [0.15, 0.2) is 162 Å². The first-order valence-electron chi connectivity index (χ1n) is 17.2. The summed E-state index contributed by atoms with van der Waals surface area (Å²) < 4.78 is 8.84. The third-order valence-corrected chi connectivity index (χ3v) is 11.1. The summed E-state index contributed by atoms with van der Waals surface area (Å²) in [5, 5.41) is 7.88. The number of rotatable bonds is 4. The largest absolute Gasteiger partial charge is 0.455 e. The molecule has 0 atom stereocenters. The molecular formula is C46H26N4OS. The van der Waals surface area contributed by atoms with Crippen molar-refractivity contribution in [2.45, 2.75) is 0 Å². The quantitative estimate of drug-likeness (QED) is 0.185. The Morgan fingerprint density at radius 2 is 1.12 bits per heavy atom. The Bertz CT molecular complexity index is 3200. The van der Waals surface area contributed by atoms with Crippen molar-refractivity contribution in [2.24, 2.45) is 0 Å². The smallest absolute Gasteiger partial charge is 0.167 e. The second-order valence-corrected chi connectivity index (χ2v) is 14.0. The molecule has 52 heavy (non-hydrogen) atoms. The second-order valence-electron chi connectivity index (χ2n) is 13.0. The van der Waals surface area contributed by atoms with Gasteiger partial charge in [-0.2, -0.15) is 0 Å². The highest BCUT2D eigenvalue weighted by Crippen LogP contribution is 2.45. The summed E-state index contributed by atoms with van der Waals surface area (Å²) >= 11 is 1.81. The van der Waals surface area contributed by atoms with Crippen molar-refractivity contribution in [1.82, 2.24) is 19.9 Å². The van der Waals surface area contributed by atoms with Crippen LogP contribution >= 0.6 is 11.3 Å². The van der Waals surface area contributed by atoms with Crippen molar-refractivity contribution in [3.63, 3.8) is 0 Å². The lowest BCUT2D eigenvalue weighted by atomic mass is 9.97. The minimum atomic E-state index is 0.563. The van der Waals surface area contributed by atoms with Crippen molar-refractivity contribution in [3.8, 4) is 45.4 Å². The first kappa shape index (κ1) is 29.0. The van der Waals surface area contributed by atoms with Crippen LogP contribution in [0, 0.1) is 0 Å². The van der Waals surface area contributed by atoms with E-state index in [1.165, 1.54) is 20.2 Å². The Morgan fingerprint density at radius 3 is 2.02 bits per heavy atom. The summed E-state index contributed by atoms with van der Waals surface area (Å²) in [5.41, 5.74) is 7.32. The van der Waals surface area contributed by atoms with Crippen LogP contribution in [0.4, 0.5) is 0 Å². The van der Waals surface area contributed by atoms with Gasteiger partial charge in [0.25, 0.3) is 0 Å². The summed E-state index contributed by atoms with van der Waals surface area (Å²) in [4.78, 5) is 20.7. The molecule has 6 heteroatoms. The van der Waals surface area contributed by atoms with Crippen LogP contribution in [0.25, 0.3) is 109 Å². The molecule has 11 rings (SSSR count). The maximum Gasteiger partial charge on any atom is 0.167 e. The molecule has 4 aromatic heterocycles. The van der Waals surface area contributed by atoms with E-state index in [0.29, 0.717) is 17.5 Å². The van der Waals surface area contributed by atoms with Gasteiger partial charge in [-0.1, -0.05) is 121 Å². The lowest BCUT2D eigenvalue weighted by molar-refractivity contribution is 0.669. The summed E-state index contributed by atoms with van der Waals surface area (Å²) in [7, 11) is 0. The van der Waals surface area contributed by atoms with Gasteiger partial charge in [0.1, 0.15) is 11.2 Å². The molecule has 0 unspecified atom stereocenters. The van der Waals surface area contributed by atoms with Gasteiger partial charge in [-0.05, 0) is 47.2 Å². The molecule has 0 aliphatic heterocycles. The van der Waals surface area contributed by atoms with Crippen LogP contribution in [0.5, 0.6) is 0 Å². The molecule has 0 radical (unpaired) electrons. The molecule has 242 valence electrons. The number of thiophene rings is 1. The summed E-state index contributed by atoms with van der Waals surface area (Å²) in [6, 6.07) is 54.4. The second kappa shape index (κ2) is 11.4. The highest BCUT2D eigenvalue weighted by Gasteiger charge is 2.21. The number of pyridine rings is 1. The van der Waals surface area contributed by atoms with Gasteiger partial charge in [-0.25, -0.2) is 19.9 Å². The zero-order valence-electron chi connectivity index (χ0n) is 27.6. The number of hydrogen-bond donors (Lipinski definition) is 0. The summed E-state index contributed by atoms with van der Waals surface area (Å²) in [6.07, 6.45) is 0. The minimum absolute atomic E-state index is 0.563. The van der Waals surface area contributed by atoms with E-state index in [0.717, 1.165) is 71.6 Å². The predicted molar refractivity (Wildman–Crippen MR) is 215 cm³/mol. The zero-order valence-corrected chi connectivity index (χ0v) is 28.4. The van der Waals surface area contributed by atoms with Crippen molar-refractivity contribution in [2.75, 3.05) is 0 Å².